The highest BCUT2D eigenvalue weighted by Gasteiger charge is 2.01. The number of hydrogen-bond donors (Lipinski definition) is 1. The highest BCUT2D eigenvalue weighted by atomic mass is 32.2. The summed E-state index contributed by atoms with van der Waals surface area (Å²) in [5.41, 5.74) is 1.11. The van der Waals surface area contributed by atoms with E-state index in [1.165, 1.54) is 0 Å². The van der Waals surface area contributed by atoms with Crippen LogP contribution in [0.5, 0.6) is 5.75 Å². The van der Waals surface area contributed by atoms with Crippen LogP contribution in [-0.2, 0) is 17.8 Å². The molecule has 3 nitrogen and oxygen atoms in total. The fourth-order valence-corrected chi connectivity index (χ4v) is 1.55. The van der Waals surface area contributed by atoms with E-state index >= 15 is 0 Å². The van der Waals surface area contributed by atoms with Gasteiger partial charge in [-0.2, -0.15) is 4.21 Å². The fraction of sp³-hybridized carbons (Fsp3) is 0.400. The maximum atomic E-state index is 10.4. The summed E-state index contributed by atoms with van der Waals surface area (Å²) in [6.45, 7) is 4.25. The molecule has 0 aliphatic heterocycles. The lowest BCUT2D eigenvalue weighted by Gasteiger charge is -2.06. The Morgan fingerprint density at radius 3 is 2.79 bits per heavy atom. The molecule has 0 radical (unpaired) electrons. The van der Waals surface area contributed by atoms with Crippen LogP contribution in [0.1, 0.15) is 19.4 Å². The molecule has 4 heteroatoms. The fourth-order valence-electron chi connectivity index (χ4n) is 1.28. The van der Waals surface area contributed by atoms with Gasteiger partial charge in [0, 0.05) is 0 Å². The van der Waals surface area contributed by atoms with Gasteiger partial charge in [0.1, 0.15) is 5.75 Å². The summed E-state index contributed by atoms with van der Waals surface area (Å²) in [7, 11) is 0. The van der Waals surface area contributed by atoms with Crippen LogP contribution in [0.2, 0.25) is 0 Å². The third-order valence-electron chi connectivity index (χ3n) is 1.71. The Labute approximate surface area is 86.6 Å². The molecule has 0 aliphatic carbocycles. The van der Waals surface area contributed by atoms with Gasteiger partial charge in [-0.15, -0.1) is 0 Å². The Morgan fingerprint density at radius 1 is 1.50 bits per heavy atom. The van der Waals surface area contributed by atoms with E-state index in [-0.39, 0.29) is 0 Å². The second kappa shape index (κ2) is 5.12. The number of rotatable bonds is 4. The van der Waals surface area contributed by atoms with E-state index in [1.807, 2.05) is 12.1 Å². The van der Waals surface area contributed by atoms with E-state index in [2.05, 4.69) is 18.0 Å². The summed E-state index contributed by atoms with van der Waals surface area (Å²) in [5.74, 6) is 0.994. The van der Waals surface area contributed by atoms with Crippen LogP contribution in [0.15, 0.2) is 24.3 Å². The largest absolute Gasteiger partial charge is 0.380 e. The summed E-state index contributed by atoms with van der Waals surface area (Å²) in [6.07, 6.45) is 0.940. The summed E-state index contributed by atoms with van der Waals surface area (Å²) >= 11 is -2.24. The number of benzene rings is 1. The van der Waals surface area contributed by atoms with Crippen LogP contribution in [0, 0.1) is 5.92 Å². The average Bonchev–Trinajstić information content (AvgIpc) is 2.01. The van der Waals surface area contributed by atoms with E-state index in [4.69, 9.17) is 4.55 Å². The zero-order chi connectivity index (χ0) is 10.6. The molecule has 0 saturated carbocycles. The van der Waals surface area contributed by atoms with Crippen molar-refractivity contribution in [2.45, 2.75) is 20.3 Å². The predicted octanol–water partition coefficient (Wildman–Crippen LogP) is 2.40. The second-order valence-corrected chi connectivity index (χ2v) is 4.15. The zero-order valence-electron chi connectivity index (χ0n) is 8.27. The van der Waals surface area contributed by atoms with Crippen LogP contribution < -0.4 is 4.18 Å². The SMILES string of the molecule is CC(C)Cc1cccc(OS(=O)O)c1. The van der Waals surface area contributed by atoms with Gasteiger partial charge >= 0.3 is 11.4 Å². The van der Waals surface area contributed by atoms with Gasteiger partial charge in [0.15, 0.2) is 0 Å². The smallest absolute Gasteiger partial charge is 0.357 e. The van der Waals surface area contributed by atoms with Crippen molar-refractivity contribution in [2.75, 3.05) is 0 Å². The van der Waals surface area contributed by atoms with Crippen LogP contribution in [0.25, 0.3) is 0 Å². The van der Waals surface area contributed by atoms with Crippen molar-refractivity contribution >= 4 is 11.4 Å². The minimum absolute atomic E-state index is 0.434. The molecule has 0 bridgehead atoms. The Hall–Kier alpha value is -0.870. The molecule has 1 rings (SSSR count). The lowest BCUT2D eigenvalue weighted by molar-refractivity contribution is 0.457. The molecule has 0 aliphatic rings. The van der Waals surface area contributed by atoms with Gasteiger partial charge in [0.05, 0.1) is 0 Å². The van der Waals surface area contributed by atoms with Crippen molar-refractivity contribution in [3.05, 3.63) is 29.8 Å². The first-order valence-electron chi connectivity index (χ1n) is 4.46. The van der Waals surface area contributed by atoms with Crippen molar-refractivity contribution < 1.29 is 12.9 Å². The molecule has 0 heterocycles. The third-order valence-corrected chi connectivity index (χ3v) is 2.04. The molecule has 0 saturated heterocycles. The van der Waals surface area contributed by atoms with Gasteiger partial charge in [-0.3, -0.25) is 4.55 Å². The minimum Gasteiger partial charge on any atom is -0.380 e. The molecular weight excluding hydrogens is 200 g/mol. The normalized spacial score (nSPS) is 12.9. The van der Waals surface area contributed by atoms with Gasteiger partial charge in [0.2, 0.25) is 0 Å². The van der Waals surface area contributed by atoms with Crippen LogP contribution in [0.4, 0.5) is 0 Å². The third kappa shape index (κ3) is 3.89. The molecule has 1 atom stereocenters. The Morgan fingerprint density at radius 2 is 2.21 bits per heavy atom. The van der Waals surface area contributed by atoms with Crippen molar-refractivity contribution in [3.63, 3.8) is 0 Å². The molecule has 1 N–H and O–H groups in total. The molecule has 1 aromatic rings. The molecule has 1 aromatic carbocycles. The topological polar surface area (TPSA) is 46.5 Å². The molecule has 78 valence electrons. The van der Waals surface area contributed by atoms with Gasteiger partial charge in [-0.1, -0.05) is 26.0 Å². The van der Waals surface area contributed by atoms with E-state index in [9.17, 15) is 4.21 Å². The van der Waals surface area contributed by atoms with Gasteiger partial charge in [-0.05, 0) is 30.0 Å². The van der Waals surface area contributed by atoms with E-state index in [0.717, 1.165) is 12.0 Å². The monoisotopic (exact) mass is 214 g/mol. The molecule has 14 heavy (non-hydrogen) atoms. The summed E-state index contributed by atoms with van der Waals surface area (Å²) in [6, 6.07) is 7.25. The Bertz CT molecular complexity index is 323. The zero-order valence-corrected chi connectivity index (χ0v) is 9.08. The predicted molar refractivity (Wildman–Crippen MR) is 56.4 cm³/mol. The van der Waals surface area contributed by atoms with Crippen molar-refractivity contribution in [2.24, 2.45) is 5.92 Å². The molecule has 0 spiro atoms. The average molecular weight is 214 g/mol. The highest BCUT2D eigenvalue weighted by molar-refractivity contribution is 7.74. The van der Waals surface area contributed by atoms with Gasteiger partial charge in [0.25, 0.3) is 0 Å². The summed E-state index contributed by atoms with van der Waals surface area (Å²) in [5, 5.41) is 0. The first kappa shape index (κ1) is 11.2. The standard InChI is InChI=1S/C10H14O3S/c1-8(2)6-9-4-3-5-10(7-9)13-14(11)12/h3-5,7-8H,6H2,1-2H3,(H,11,12). The maximum absolute atomic E-state index is 10.4. The van der Waals surface area contributed by atoms with Gasteiger partial charge in [-0.25, -0.2) is 0 Å². The minimum atomic E-state index is -2.24. The first-order valence-corrected chi connectivity index (χ1v) is 5.49. The molecule has 0 fully saturated rings. The van der Waals surface area contributed by atoms with Gasteiger partial charge < -0.3 is 4.18 Å². The highest BCUT2D eigenvalue weighted by Crippen LogP contribution is 2.16. The molecule has 0 aromatic heterocycles. The number of hydrogen-bond acceptors (Lipinski definition) is 2. The van der Waals surface area contributed by atoms with Crippen molar-refractivity contribution in [1.82, 2.24) is 0 Å². The van der Waals surface area contributed by atoms with Crippen LogP contribution >= 0.6 is 0 Å². The van der Waals surface area contributed by atoms with Crippen molar-refractivity contribution in [1.29, 1.82) is 0 Å². The molecule has 0 amide bonds. The summed E-state index contributed by atoms with van der Waals surface area (Å²) in [4.78, 5) is 0. The van der Waals surface area contributed by atoms with Crippen LogP contribution in [0.3, 0.4) is 0 Å². The van der Waals surface area contributed by atoms with Crippen LogP contribution in [-0.4, -0.2) is 8.76 Å². The first-order chi connectivity index (χ1) is 6.58. The second-order valence-electron chi connectivity index (χ2n) is 3.55. The van der Waals surface area contributed by atoms with E-state index in [1.54, 1.807) is 12.1 Å². The maximum Gasteiger partial charge on any atom is 0.357 e. The molecular formula is C10H14O3S. The Kier molecular flexibility index (Phi) is 4.10. The van der Waals surface area contributed by atoms with E-state index in [0.29, 0.717) is 11.7 Å². The Balaban J connectivity index is 2.73. The molecule has 1 unspecified atom stereocenters. The summed E-state index contributed by atoms with van der Waals surface area (Å²) < 4.78 is 23.6. The lowest BCUT2D eigenvalue weighted by atomic mass is 10.0. The van der Waals surface area contributed by atoms with Crippen molar-refractivity contribution in [3.8, 4) is 5.75 Å². The quantitative estimate of drug-likeness (QED) is 0.783. The van der Waals surface area contributed by atoms with E-state index < -0.39 is 11.4 Å². The lowest BCUT2D eigenvalue weighted by Crippen LogP contribution is -1.99.